The van der Waals surface area contributed by atoms with E-state index in [1.54, 1.807) is 12.1 Å². The Morgan fingerprint density at radius 1 is 1.47 bits per heavy atom. The van der Waals surface area contributed by atoms with Gasteiger partial charge in [-0.1, -0.05) is 22.9 Å². The minimum absolute atomic E-state index is 0.263. The van der Waals surface area contributed by atoms with Crippen LogP contribution in [-0.4, -0.2) is 22.9 Å². The van der Waals surface area contributed by atoms with Gasteiger partial charge < -0.3 is 9.84 Å². The zero-order valence-electron chi connectivity index (χ0n) is 11.4. The maximum atomic E-state index is 13.8. The van der Waals surface area contributed by atoms with E-state index >= 15 is 0 Å². The van der Waals surface area contributed by atoms with Gasteiger partial charge in [-0.15, -0.1) is 0 Å². The van der Waals surface area contributed by atoms with Crippen molar-refractivity contribution in [1.82, 2.24) is 0 Å². The minimum atomic E-state index is -0.884. The lowest BCUT2D eigenvalue weighted by atomic mass is 9.78. The van der Waals surface area contributed by atoms with E-state index in [0.717, 1.165) is 10.9 Å². The van der Waals surface area contributed by atoms with E-state index in [4.69, 9.17) is 4.74 Å². The van der Waals surface area contributed by atoms with Crippen molar-refractivity contribution in [2.45, 2.75) is 50.7 Å². The van der Waals surface area contributed by atoms with Crippen LogP contribution < -0.4 is 0 Å². The summed E-state index contributed by atoms with van der Waals surface area (Å²) in [5.41, 5.74) is -0.641. The van der Waals surface area contributed by atoms with E-state index in [9.17, 15) is 9.50 Å². The number of hydrogen-bond donors (Lipinski definition) is 1. The van der Waals surface area contributed by atoms with Crippen molar-refractivity contribution >= 4 is 15.9 Å². The third kappa shape index (κ3) is 3.56. The summed E-state index contributed by atoms with van der Waals surface area (Å²) in [4.78, 5) is 0. The molecule has 0 spiro atoms. The van der Waals surface area contributed by atoms with Gasteiger partial charge in [0.25, 0.3) is 0 Å². The fourth-order valence-electron chi connectivity index (χ4n) is 2.73. The normalized spacial score (nSPS) is 31.4. The predicted molar refractivity (Wildman–Crippen MR) is 76.6 cm³/mol. The van der Waals surface area contributed by atoms with E-state index in [2.05, 4.69) is 15.9 Å². The number of ether oxygens (including phenoxy) is 1. The molecular weight excluding hydrogens is 311 g/mol. The second-order valence-electron chi connectivity index (χ2n) is 5.72. The molecule has 1 aliphatic heterocycles. The summed E-state index contributed by atoms with van der Waals surface area (Å²) in [6, 6.07) is 4.84. The van der Waals surface area contributed by atoms with Crippen molar-refractivity contribution in [3.8, 4) is 0 Å². The lowest BCUT2D eigenvalue weighted by Gasteiger charge is -2.43. The second kappa shape index (κ2) is 5.51. The molecule has 0 radical (unpaired) electrons. The quantitative estimate of drug-likeness (QED) is 0.912. The van der Waals surface area contributed by atoms with Gasteiger partial charge in [0.05, 0.1) is 17.8 Å². The average molecular weight is 331 g/mol. The number of rotatable bonds is 3. The average Bonchev–Trinajstić information content (AvgIpc) is 2.33. The summed E-state index contributed by atoms with van der Waals surface area (Å²) in [6.45, 7) is 4.58. The Bertz CT molecular complexity index is 465. The SMILES string of the molecule is CCC1(C)CC(O)(Cc2cc(Br)ccc2F)CCO1. The first-order valence-electron chi connectivity index (χ1n) is 6.66. The van der Waals surface area contributed by atoms with Crippen molar-refractivity contribution in [1.29, 1.82) is 0 Å². The van der Waals surface area contributed by atoms with Crippen molar-refractivity contribution < 1.29 is 14.2 Å². The molecule has 4 heteroatoms. The maximum Gasteiger partial charge on any atom is 0.126 e. The highest BCUT2D eigenvalue weighted by Crippen LogP contribution is 2.37. The molecule has 1 N–H and O–H groups in total. The molecule has 1 heterocycles. The third-order valence-corrected chi connectivity index (χ3v) is 4.49. The largest absolute Gasteiger partial charge is 0.389 e. The molecule has 2 nitrogen and oxygen atoms in total. The summed E-state index contributed by atoms with van der Waals surface area (Å²) < 4.78 is 20.4. The van der Waals surface area contributed by atoms with Crippen LogP contribution in [0, 0.1) is 5.82 Å². The van der Waals surface area contributed by atoms with Gasteiger partial charge in [0.15, 0.2) is 0 Å². The fraction of sp³-hybridized carbons (Fsp3) is 0.600. The molecule has 0 aromatic heterocycles. The van der Waals surface area contributed by atoms with E-state index in [0.29, 0.717) is 31.4 Å². The molecule has 1 saturated heterocycles. The molecule has 2 unspecified atom stereocenters. The zero-order chi connectivity index (χ0) is 14.1. The van der Waals surface area contributed by atoms with E-state index in [-0.39, 0.29) is 11.4 Å². The maximum absolute atomic E-state index is 13.8. The van der Waals surface area contributed by atoms with Gasteiger partial charge in [-0.25, -0.2) is 4.39 Å². The summed E-state index contributed by atoms with van der Waals surface area (Å²) in [7, 11) is 0. The lowest BCUT2D eigenvalue weighted by molar-refractivity contribution is -0.153. The third-order valence-electron chi connectivity index (χ3n) is 4.00. The molecular formula is C15H20BrFO2. The van der Waals surface area contributed by atoms with Gasteiger partial charge >= 0.3 is 0 Å². The fourth-order valence-corrected chi connectivity index (χ4v) is 3.14. The Labute approximate surface area is 122 Å². The van der Waals surface area contributed by atoms with Crippen LogP contribution in [-0.2, 0) is 11.2 Å². The van der Waals surface area contributed by atoms with Crippen LogP contribution in [0.15, 0.2) is 22.7 Å². The summed E-state index contributed by atoms with van der Waals surface area (Å²) in [6.07, 6.45) is 2.27. The van der Waals surface area contributed by atoms with Crippen LogP contribution in [0.1, 0.15) is 38.7 Å². The van der Waals surface area contributed by atoms with Crippen LogP contribution in [0.2, 0.25) is 0 Å². The first-order valence-corrected chi connectivity index (χ1v) is 7.45. The van der Waals surface area contributed by atoms with Gasteiger partial charge in [0.1, 0.15) is 5.82 Å². The Morgan fingerprint density at radius 2 is 2.21 bits per heavy atom. The Hall–Kier alpha value is -0.450. The summed E-state index contributed by atoms with van der Waals surface area (Å²) in [5.74, 6) is -0.263. The molecule has 19 heavy (non-hydrogen) atoms. The first-order chi connectivity index (χ1) is 8.86. The molecule has 0 amide bonds. The van der Waals surface area contributed by atoms with Crippen molar-refractivity contribution in [3.63, 3.8) is 0 Å². The van der Waals surface area contributed by atoms with Crippen LogP contribution in [0.5, 0.6) is 0 Å². The molecule has 2 rings (SSSR count). The van der Waals surface area contributed by atoms with Gasteiger partial charge in [-0.2, -0.15) is 0 Å². The monoisotopic (exact) mass is 330 g/mol. The summed E-state index contributed by atoms with van der Waals surface area (Å²) in [5, 5.41) is 10.7. The number of aliphatic hydroxyl groups is 1. The smallest absolute Gasteiger partial charge is 0.126 e. The van der Waals surface area contributed by atoms with Gasteiger partial charge in [-0.3, -0.25) is 0 Å². The van der Waals surface area contributed by atoms with Gasteiger partial charge in [-0.05, 0) is 43.5 Å². The molecule has 0 saturated carbocycles. The highest BCUT2D eigenvalue weighted by Gasteiger charge is 2.41. The van der Waals surface area contributed by atoms with E-state index < -0.39 is 5.60 Å². The number of hydrogen-bond acceptors (Lipinski definition) is 2. The Balaban J connectivity index is 2.19. The molecule has 1 aromatic carbocycles. The second-order valence-corrected chi connectivity index (χ2v) is 6.63. The van der Waals surface area contributed by atoms with Crippen LogP contribution in [0.3, 0.4) is 0 Å². The highest BCUT2D eigenvalue weighted by molar-refractivity contribution is 9.10. The molecule has 0 bridgehead atoms. The van der Waals surface area contributed by atoms with Crippen LogP contribution in [0.4, 0.5) is 4.39 Å². The van der Waals surface area contributed by atoms with Crippen molar-refractivity contribution in [2.24, 2.45) is 0 Å². The summed E-state index contributed by atoms with van der Waals surface area (Å²) >= 11 is 3.34. The molecule has 1 aromatic rings. The van der Waals surface area contributed by atoms with E-state index in [1.165, 1.54) is 6.07 Å². The molecule has 0 aliphatic carbocycles. The van der Waals surface area contributed by atoms with Gasteiger partial charge in [0.2, 0.25) is 0 Å². The van der Waals surface area contributed by atoms with E-state index in [1.807, 2.05) is 13.8 Å². The van der Waals surface area contributed by atoms with Gasteiger partial charge in [0, 0.05) is 17.3 Å². The highest BCUT2D eigenvalue weighted by atomic mass is 79.9. The van der Waals surface area contributed by atoms with Crippen LogP contribution in [0.25, 0.3) is 0 Å². The number of halogens is 2. The van der Waals surface area contributed by atoms with Crippen LogP contribution >= 0.6 is 15.9 Å². The Morgan fingerprint density at radius 3 is 2.89 bits per heavy atom. The topological polar surface area (TPSA) is 29.5 Å². The van der Waals surface area contributed by atoms with Crippen molar-refractivity contribution in [2.75, 3.05) is 6.61 Å². The predicted octanol–water partition coefficient (Wildman–Crippen LogP) is 3.84. The Kier molecular flexibility index (Phi) is 4.33. The first kappa shape index (κ1) is 14.9. The lowest BCUT2D eigenvalue weighted by Crippen LogP contribution is -2.48. The molecule has 1 aliphatic rings. The van der Waals surface area contributed by atoms with Crippen molar-refractivity contribution in [3.05, 3.63) is 34.1 Å². The number of benzene rings is 1. The molecule has 1 fully saturated rings. The molecule has 2 atom stereocenters. The standard InChI is InChI=1S/C15H20BrFO2/c1-3-14(2)10-15(18,6-7-19-14)9-11-8-12(16)4-5-13(11)17/h4-5,8,18H,3,6-7,9-10H2,1-2H3. The molecule has 106 valence electrons. The zero-order valence-corrected chi connectivity index (χ0v) is 13.0. The minimum Gasteiger partial charge on any atom is -0.389 e.